The number of benzene rings is 1. The highest BCUT2D eigenvalue weighted by Gasteiger charge is 2.17. The van der Waals surface area contributed by atoms with E-state index in [1.807, 2.05) is 12.1 Å². The number of rotatable bonds is 3. The van der Waals surface area contributed by atoms with Gasteiger partial charge in [0.1, 0.15) is 4.21 Å². The monoisotopic (exact) mass is 324 g/mol. The van der Waals surface area contributed by atoms with E-state index in [0.29, 0.717) is 10.0 Å². The van der Waals surface area contributed by atoms with E-state index in [0.717, 1.165) is 22.2 Å². The highest BCUT2D eigenvalue weighted by molar-refractivity contribution is 7.94. The molecule has 0 atom stereocenters. The van der Waals surface area contributed by atoms with Gasteiger partial charge in [-0.15, -0.1) is 11.3 Å². The van der Waals surface area contributed by atoms with Crippen LogP contribution in [0.1, 0.15) is 0 Å². The van der Waals surface area contributed by atoms with Crippen LogP contribution in [0.3, 0.4) is 0 Å². The Hall–Kier alpha value is -1.63. The zero-order valence-corrected chi connectivity index (χ0v) is 12.5. The van der Waals surface area contributed by atoms with E-state index in [-0.39, 0.29) is 4.21 Å². The molecule has 0 aliphatic heterocycles. The maximum Gasteiger partial charge on any atom is 0.271 e. The second-order valence-corrected chi connectivity index (χ2v) is 7.66. The average Bonchev–Trinajstić information content (AvgIpc) is 2.86. The summed E-state index contributed by atoms with van der Waals surface area (Å²) in [6, 6.07) is 11.9. The number of nitrogens with zero attached hydrogens (tertiary/aromatic N) is 1. The first-order valence-corrected chi connectivity index (χ1v) is 8.36. The van der Waals surface area contributed by atoms with Gasteiger partial charge in [0, 0.05) is 11.6 Å². The van der Waals surface area contributed by atoms with Crippen LogP contribution in [0.2, 0.25) is 4.34 Å². The number of hydrogen-bond donors (Lipinski definition) is 1. The van der Waals surface area contributed by atoms with Gasteiger partial charge in [0.05, 0.1) is 15.5 Å². The lowest BCUT2D eigenvalue weighted by Crippen LogP contribution is -2.11. The molecular weight excluding hydrogens is 316 g/mol. The zero-order valence-electron chi connectivity index (χ0n) is 10.1. The van der Waals surface area contributed by atoms with Gasteiger partial charge in [0.2, 0.25) is 0 Å². The molecule has 0 fully saturated rings. The zero-order chi connectivity index (χ0) is 14.2. The fraction of sp³-hybridized carbons (Fsp3) is 0. The highest BCUT2D eigenvalue weighted by atomic mass is 35.5. The third-order valence-corrected chi connectivity index (χ3v) is 5.79. The first-order valence-electron chi connectivity index (χ1n) is 5.68. The second kappa shape index (κ2) is 5.05. The fourth-order valence-corrected chi connectivity index (χ4v) is 4.39. The molecule has 4 nitrogen and oxygen atoms in total. The summed E-state index contributed by atoms with van der Waals surface area (Å²) in [7, 11) is -3.63. The van der Waals surface area contributed by atoms with Gasteiger partial charge in [0.25, 0.3) is 10.0 Å². The molecule has 2 heterocycles. The summed E-state index contributed by atoms with van der Waals surface area (Å²) in [5, 5.41) is 0.751. The first-order chi connectivity index (χ1) is 9.56. The normalized spacial score (nSPS) is 11.7. The maximum absolute atomic E-state index is 12.3. The Labute approximate surface area is 125 Å². The molecule has 0 amide bonds. The summed E-state index contributed by atoms with van der Waals surface area (Å²) in [6.07, 6.45) is 1.67. The van der Waals surface area contributed by atoms with Gasteiger partial charge >= 0.3 is 0 Å². The van der Waals surface area contributed by atoms with Crippen molar-refractivity contribution < 1.29 is 8.42 Å². The van der Waals surface area contributed by atoms with Gasteiger partial charge in [-0.25, -0.2) is 8.42 Å². The number of hydrogen-bond acceptors (Lipinski definition) is 4. The Morgan fingerprint density at radius 1 is 1.10 bits per heavy atom. The van der Waals surface area contributed by atoms with Crippen LogP contribution in [0, 0.1) is 0 Å². The van der Waals surface area contributed by atoms with Crippen molar-refractivity contribution in [3.63, 3.8) is 0 Å². The Morgan fingerprint density at radius 2 is 1.95 bits per heavy atom. The van der Waals surface area contributed by atoms with Crippen LogP contribution in [0.5, 0.6) is 0 Å². The van der Waals surface area contributed by atoms with Gasteiger partial charge in [0.15, 0.2) is 0 Å². The molecule has 0 unspecified atom stereocenters. The summed E-state index contributed by atoms with van der Waals surface area (Å²) in [4.78, 5) is 4.20. The molecule has 0 saturated heterocycles. The number of nitrogens with one attached hydrogen (secondary N) is 1. The molecule has 2 aromatic heterocycles. The summed E-state index contributed by atoms with van der Waals surface area (Å²) in [5.41, 5.74) is 1.23. The van der Waals surface area contributed by atoms with Crippen LogP contribution in [0.25, 0.3) is 10.9 Å². The van der Waals surface area contributed by atoms with Crippen molar-refractivity contribution in [2.75, 3.05) is 4.72 Å². The molecular formula is C13H9ClN2O2S2. The van der Waals surface area contributed by atoms with E-state index in [1.54, 1.807) is 30.5 Å². The number of halogens is 1. The number of fused-ring (bicyclic) bond motifs is 1. The SMILES string of the molecule is O=S(=O)(Nc1cccc2ncccc12)c1ccc(Cl)s1. The molecule has 0 aliphatic carbocycles. The summed E-state index contributed by atoms with van der Waals surface area (Å²) < 4.78 is 27.8. The lowest BCUT2D eigenvalue weighted by molar-refractivity contribution is 0.603. The molecule has 0 spiro atoms. The van der Waals surface area contributed by atoms with Crippen LogP contribution in [-0.4, -0.2) is 13.4 Å². The predicted octanol–water partition coefficient (Wildman–Crippen LogP) is 3.75. The number of thiophene rings is 1. The average molecular weight is 325 g/mol. The Balaban J connectivity index is 2.05. The second-order valence-electron chi connectivity index (χ2n) is 4.04. The number of aromatic nitrogens is 1. The molecule has 0 saturated carbocycles. The van der Waals surface area contributed by atoms with E-state index in [4.69, 9.17) is 11.6 Å². The third-order valence-electron chi connectivity index (χ3n) is 2.70. The van der Waals surface area contributed by atoms with Crippen molar-refractivity contribution in [3.8, 4) is 0 Å². The van der Waals surface area contributed by atoms with Gasteiger partial charge in [-0.1, -0.05) is 17.7 Å². The topological polar surface area (TPSA) is 59.1 Å². The van der Waals surface area contributed by atoms with Crippen LogP contribution < -0.4 is 4.72 Å². The molecule has 20 heavy (non-hydrogen) atoms. The van der Waals surface area contributed by atoms with E-state index in [9.17, 15) is 8.42 Å². The molecule has 0 aliphatic rings. The molecule has 0 radical (unpaired) electrons. The molecule has 3 aromatic rings. The number of anilines is 1. The first kappa shape index (κ1) is 13.4. The Bertz CT molecular complexity index is 869. The molecule has 102 valence electrons. The van der Waals surface area contributed by atoms with Crippen LogP contribution >= 0.6 is 22.9 Å². The standard InChI is InChI=1S/C13H9ClN2O2S2/c14-12-6-7-13(19-12)20(17,18)16-11-5-1-4-10-9(11)3-2-8-15-10/h1-8,16H. The van der Waals surface area contributed by atoms with Gasteiger partial charge in [-0.2, -0.15) is 0 Å². The van der Waals surface area contributed by atoms with E-state index < -0.39 is 10.0 Å². The molecule has 1 N–H and O–H groups in total. The largest absolute Gasteiger partial charge is 0.278 e. The smallest absolute Gasteiger partial charge is 0.271 e. The highest BCUT2D eigenvalue weighted by Crippen LogP contribution is 2.29. The predicted molar refractivity (Wildman–Crippen MR) is 81.9 cm³/mol. The van der Waals surface area contributed by atoms with E-state index >= 15 is 0 Å². The minimum Gasteiger partial charge on any atom is -0.278 e. The molecule has 7 heteroatoms. The van der Waals surface area contributed by atoms with Crippen molar-refractivity contribution in [1.82, 2.24) is 4.98 Å². The summed E-state index contributed by atoms with van der Waals surface area (Å²) in [6.45, 7) is 0. The van der Waals surface area contributed by atoms with Gasteiger partial charge in [-0.3, -0.25) is 9.71 Å². The Kier molecular flexibility index (Phi) is 3.37. The van der Waals surface area contributed by atoms with Crippen LogP contribution in [0.4, 0.5) is 5.69 Å². The van der Waals surface area contributed by atoms with E-state index in [1.165, 1.54) is 6.07 Å². The lowest BCUT2D eigenvalue weighted by Gasteiger charge is -2.08. The fourth-order valence-electron chi connectivity index (χ4n) is 1.83. The van der Waals surface area contributed by atoms with Crippen molar-refractivity contribution in [1.29, 1.82) is 0 Å². The van der Waals surface area contributed by atoms with Gasteiger partial charge < -0.3 is 0 Å². The third kappa shape index (κ3) is 2.49. The summed E-state index contributed by atoms with van der Waals surface area (Å²) in [5.74, 6) is 0. The van der Waals surface area contributed by atoms with E-state index in [2.05, 4.69) is 9.71 Å². The Morgan fingerprint density at radius 3 is 2.70 bits per heavy atom. The van der Waals surface area contributed by atoms with Crippen molar-refractivity contribution >= 4 is 49.6 Å². The quantitative estimate of drug-likeness (QED) is 0.798. The summed E-state index contributed by atoms with van der Waals surface area (Å²) >= 11 is 6.80. The lowest BCUT2D eigenvalue weighted by atomic mass is 10.2. The molecule has 1 aromatic carbocycles. The van der Waals surface area contributed by atoms with Crippen molar-refractivity contribution in [3.05, 3.63) is 53.0 Å². The van der Waals surface area contributed by atoms with Crippen LogP contribution in [-0.2, 0) is 10.0 Å². The minimum atomic E-state index is -3.63. The van der Waals surface area contributed by atoms with Gasteiger partial charge in [-0.05, 0) is 36.4 Å². The number of sulfonamides is 1. The van der Waals surface area contributed by atoms with Crippen LogP contribution in [0.15, 0.2) is 52.9 Å². The van der Waals surface area contributed by atoms with Crippen molar-refractivity contribution in [2.24, 2.45) is 0 Å². The maximum atomic E-state index is 12.3. The molecule has 3 rings (SSSR count). The number of pyridine rings is 1. The van der Waals surface area contributed by atoms with Crippen molar-refractivity contribution in [2.45, 2.75) is 4.21 Å². The molecule has 0 bridgehead atoms. The minimum absolute atomic E-state index is 0.184.